The van der Waals surface area contributed by atoms with Crippen LogP contribution in [0.2, 0.25) is 0 Å². The molecule has 0 aromatic carbocycles. The summed E-state index contributed by atoms with van der Waals surface area (Å²) in [5.41, 5.74) is 8.75. The van der Waals surface area contributed by atoms with E-state index in [-0.39, 0.29) is 18.4 Å². The molecule has 2 aliphatic carbocycles. The summed E-state index contributed by atoms with van der Waals surface area (Å²) in [6.07, 6.45) is 6.43. The third-order valence-electron chi connectivity index (χ3n) is 5.82. The summed E-state index contributed by atoms with van der Waals surface area (Å²) < 4.78 is 46.0. The molecule has 6 heteroatoms. The number of hydrogen-bond acceptors (Lipinski definition) is 3. The van der Waals surface area contributed by atoms with Crippen molar-refractivity contribution in [2.75, 3.05) is 0 Å². The highest BCUT2D eigenvalue weighted by molar-refractivity contribution is 5.27. The summed E-state index contributed by atoms with van der Waals surface area (Å²) in [6.45, 7) is 1.71. The third kappa shape index (κ3) is 2.71. The van der Waals surface area contributed by atoms with Gasteiger partial charge >= 0.3 is 0 Å². The Bertz CT molecular complexity index is 676. The van der Waals surface area contributed by atoms with Gasteiger partial charge in [0.15, 0.2) is 5.83 Å². The quantitative estimate of drug-likeness (QED) is 0.882. The minimum absolute atomic E-state index is 0.139. The van der Waals surface area contributed by atoms with Crippen LogP contribution in [0.4, 0.5) is 13.2 Å². The first-order valence-electron chi connectivity index (χ1n) is 8.47. The molecule has 24 heavy (non-hydrogen) atoms. The van der Waals surface area contributed by atoms with Crippen molar-refractivity contribution in [3.63, 3.8) is 0 Å². The first-order chi connectivity index (χ1) is 11.5. The van der Waals surface area contributed by atoms with Gasteiger partial charge in [0.2, 0.25) is 0 Å². The summed E-state index contributed by atoms with van der Waals surface area (Å²) in [5.74, 6) is -3.28. The average Bonchev–Trinajstić information content (AvgIpc) is 3.13. The first kappa shape index (κ1) is 16.0. The van der Waals surface area contributed by atoms with Crippen LogP contribution < -0.4 is 5.73 Å². The minimum Gasteiger partial charge on any atom is -0.472 e. The van der Waals surface area contributed by atoms with E-state index < -0.39 is 23.4 Å². The van der Waals surface area contributed by atoms with Crippen molar-refractivity contribution in [1.29, 1.82) is 0 Å². The molecule has 0 spiro atoms. The highest BCUT2D eigenvalue weighted by Gasteiger charge is 2.40. The van der Waals surface area contributed by atoms with E-state index in [1.807, 2.05) is 0 Å². The van der Waals surface area contributed by atoms with E-state index in [1.165, 1.54) is 11.1 Å². The van der Waals surface area contributed by atoms with Crippen molar-refractivity contribution in [2.24, 2.45) is 17.6 Å². The Balaban J connectivity index is 1.41. The van der Waals surface area contributed by atoms with E-state index in [0.29, 0.717) is 12.1 Å². The zero-order chi connectivity index (χ0) is 16.8. The number of fused-ring (bicyclic) bond motifs is 1. The Hall–Kier alpha value is -1.53. The van der Waals surface area contributed by atoms with Gasteiger partial charge in [0.05, 0.1) is 12.5 Å². The lowest BCUT2D eigenvalue weighted by molar-refractivity contribution is 0.0985. The fraction of sp³-hybridized carbons (Fsp3) is 0.556. The lowest BCUT2D eigenvalue weighted by atomic mass is 9.72. The molecule has 3 nitrogen and oxygen atoms in total. The van der Waals surface area contributed by atoms with Gasteiger partial charge in [0.1, 0.15) is 11.7 Å². The number of furan rings is 1. The van der Waals surface area contributed by atoms with Crippen molar-refractivity contribution in [3.8, 4) is 0 Å². The second kappa shape index (κ2) is 6.08. The van der Waals surface area contributed by atoms with Crippen LogP contribution in [0.5, 0.6) is 0 Å². The summed E-state index contributed by atoms with van der Waals surface area (Å²) >= 11 is 0. The molecule has 1 fully saturated rings. The predicted octanol–water partition coefficient (Wildman–Crippen LogP) is 4.12. The molecule has 1 aromatic rings. The Morgan fingerprint density at radius 2 is 1.79 bits per heavy atom. The standard InChI is InChI=1S/C18H21F3N2O/c19-15-5-17(21)16(20)4-14(15)13-2-1-12(3-18(13)22)23-6-10-8-24-9-11(10)7-23/h5,8-9,12-14,18H,1-4,6-7,22H2/t12-,13+,14?,18?/m0/s1. The van der Waals surface area contributed by atoms with Crippen LogP contribution in [-0.4, -0.2) is 17.0 Å². The molecule has 1 aliphatic heterocycles. The fourth-order valence-corrected chi connectivity index (χ4v) is 4.47. The Morgan fingerprint density at radius 3 is 2.46 bits per heavy atom. The van der Waals surface area contributed by atoms with Gasteiger partial charge in [-0.3, -0.25) is 4.90 Å². The minimum atomic E-state index is -1.08. The molecule has 0 radical (unpaired) electrons. The van der Waals surface area contributed by atoms with E-state index in [1.54, 1.807) is 12.5 Å². The topological polar surface area (TPSA) is 42.4 Å². The van der Waals surface area contributed by atoms with E-state index in [4.69, 9.17) is 10.2 Å². The van der Waals surface area contributed by atoms with Gasteiger partial charge in [-0.2, -0.15) is 0 Å². The highest BCUT2D eigenvalue weighted by Crippen LogP contribution is 2.43. The molecule has 1 saturated carbocycles. The molecule has 4 rings (SSSR count). The molecule has 4 atom stereocenters. The lowest BCUT2D eigenvalue weighted by Crippen LogP contribution is -2.47. The number of rotatable bonds is 2. The van der Waals surface area contributed by atoms with Gasteiger partial charge in [0.25, 0.3) is 0 Å². The van der Waals surface area contributed by atoms with Gasteiger partial charge in [-0.25, -0.2) is 13.2 Å². The van der Waals surface area contributed by atoms with Crippen molar-refractivity contribution in [1.82, 2.24) is 4.90 Å². The van der Waals surface area contributed by atoms with Gasteiger partial charge in [-0.05, 0) is 25.2 Å². The predicted molar refractivity (Wildman–Crippen MR) is 83.6 cm³/mol. The van der Waals surface area contributed by atoms with Crippen molar-refractivity contribution in [2.45, 2.75) is 50.9 Å². The summed E-state index contributed by atoms with van der Waals surface area (Å²) in [6, 6.07) is 0.137. The molecule has 3 aliphatic rings. The van der Waals surface area contributed by atoms with E-state index in [0.717, 1.165) is 32.4 Å². The largest absolute Gasteiger partial charge is 0.472 e. The van der Waals surface area contributed by atoms with Crippen LogP contribution in [0.25, 0.3) is 0 Å². The molecule has 1 aromatic heterocycles. The molecule has 0 saturated heterocycles. The van der Waals surface area contributed by atoms with E-state index >= 15 is 0 Å². The molecule has 2 heterocycles. The van der Waals surface area contributed by atoms with Crippen LogP contribution >= 0.6 is 0 Å². The normalized spacial score (nSPS) is 34.4. The van der Waals surface area contributed by atoms with Crippen molar-refractivity contribution in [3.05, 3.63) is 47.2 Å². The molecular weight excluding hydrogens is 317 g/mol. The van der Waals surface area contributed by atoms with Gasteiger partial charge in [-0.15, -0.1) is 0 Å². The SMILES string of the molecule is NC1C[C@@H](N2Cc3cocc3C2)CC[C@@H]1C1CC(F)=C(F)C=C1F. The summed E-state index contributed by atoms with van der Waals surface area (Å²) in [7, 11) is 0. The number of halogens is 3. The number of hydrogen-bond donors (Lipinski definition) is 1. The second-order valence-electron chi connectivity index (χ2n) is 7.21. The van der Waals surface area contributed by atoms with Crippen molar-refractivity contribution >= 4 is 0 Å². The number of nitrogens with two attached hydrogens (primary N) is 1. The lowest BCUT2D eigenvalue weighted by Gasteiger charge is -2.41. The zero-order valence-electron chi connectivity index (χ0n) is 13.4. The second-order valence-corrected chi connectivity index (χ2v) is 7.21. The number of allylic oxidation sites excluding steroid dienone is 4. The zero-order valence-corrected chi connectivity index (χ0v) is 13.4. The molecule has 2 N–H and O–H groups in total. The van der Waals surface area contributed by atoms with Gasteiger partial charge in [-0.1, -0.05) is 0 Å². The maximum absolute atomic E-state index is 14.1. The molecule has 130 valence electrons. The highest BCUT2D eigenvalue weighted by atomic mass is 19.2. The fourth-order valence-electron chi connectivity index (χ4n) is 4.47. The van der Waals surface area contributed by atoms with Crippen LogP contribution in [-0.2, 0) is 13.1 Å². The van der Waals surface area contributed by atoms with Gasteiger partial charge < -0.3 is 10.2 Å². The van der Waals surface area contributed by atoms with Crippen LogP contribution in [0, 0.1) is 11.8 Å². The van der Waals surface area contributed by atoms with Crippen molar-refractivity contribution < 1.29 is 17.6 Å². The van der Waals surface area contributed by atoms with E-state index in [2.05, 4.69) is 4.90 Å². The van der Waals surface area contributed by atoms with Crippen LogP contribution in [0.3, 0.4) is 0 Å². The Labute approximate surface area is 139 Å². The first-order valence-corrected chi connectivity index (χ1v) is 8.47. The molecule has 0 amide bonds. The third-order valence-corrected chi connectivity index (χ3v) is 5.82. The molecular formula is C18H21F3N2O. The maximum Gasteiger partial charge on any atom is 0.157 e. The Morgan fingerprint density at radius 1 is 1.08 bits per heavy atom. The van der Waals surface area contributed by atoms with Crippen LogP contribution in [0.1, 0.15) is 36.8 Å². The average molecular weight is 338 g/mol. The Kier molecular flexibility index (Phi) is 4.04. The monoisotopic (exact) mass is 338 g/mol. The molecule has 0 bridgehead atoms. The summed E-state index contributed by atoms with van der Waals surface area (Å²) in [4.78, 5) is 2.38. The number of nitrogens with zero attached hydrogens (tertiary/aromatic N) is 1. The smallest absolute Gasteiger partial charge is 0.157 e. The summed E-state index contributed by atoms with van der Waals surface area (Å²) in [5, 5.41) is 0. The molecule has 2 unspecified atom stereocenters. The maximum atomic E-state index is 14.1. The van der Waals surface area contributed by atoms with E-state index in [9.17, 15) is 13.2 Å². The van der Waals surface area contributed by atoms with Gasteiger partial charge in [0, 0.05) is 54.7 Å². The van der Waals surface area contributed by atoms with Crippen LogP contribution in [0.15, 0.2) is 40.5 Å².